The van der Waals surface area contributed by atoms with Crippen molar-refractivity contribution in [2.45, 2.75) is 25.4 Å². The van der Waals surface area contributed by atoms with Crippen LogP contribution in [0.5, 0.6) is 5.75 Å². The number of hydrogen-bond donors (Lipinski definition) is 2. The van der Waals surface area contributed by atoms with Crippen molar-refractivity contribution in [2.24, 2.45) is 0 Å². The molecule has 1 aliphatic rings. The third-order valence-electron chi connectivity index (χ3n) is 4.55. The van der Waals surface area contributed by atoms with E-state index in [-0.39, 0.29) is 18.0 Å². The largest absolute Gasteiger partial charge is 0.494 e. The molecule has 2 heterocycles. The van der Waals surface area contributed by atoms with Gasteiger partial charge in [0, 0.05) is 5.02 Å². The van der Waals surface area contributed by atoms with Crippen LogP contribution in [0.4, 0.5) is 11.9 Å². The summed E-state index contributed by atoms with van der Waals surface area (Å²) in [6, 6.07) is 16.1. The van der Waals surface area contributed by atoms with Gasteiger partial charge in [0.2, 0.25) is 11.9 Å². The molecule has 3 N–H and O–H groups in total. The Labute approximate surface area is 156 Å². The lowest BCUT2D eigenvalue weighted by Gasteiger charge is -2.31. The topological polar surface area (TPSA) is 78.0 Å². The molecule has 134 valence electrons. The number of nitrogens with two attached hydrogens (primary N) is 1. The predicted molar refractivity (Wildman–Crippen MR) is 103 cm³/mol. The van der Waals surface area contributed by atoms with Gasteiger partial charge in [-0.1, -0.05) is 35.9 Å². The monoisotopic (exact) mass is 369 g/mol. The Bertz CT molecular complexity index is 891. The van der Waals surface area contributed by atoms with Gasteiger partial charge < -0.3 is 15.8 Å². The molecule has 6 nitrogen and oxygen atoms in total. The Kier molecular flexibility index (Phi) is 4.42. The first-order valence-corrected chi connectivity index (χ1v) is 8.98. The smallest absolute Gasteiger partial charge is 0.241 e. The normalized spacial score (nSPS) is 18.8. The van der Waals surface area contributed by atoms with Crippen molar-refractivity contribution in [3.63, 3.8) is 0 Å². The van der Waals surface area contributed by atoms with E-state index in [1.807, 2.05) is 48.0 Å². The van der Waals surface area contributed by atoms with Gasteiger partial charge in [0.15, 0.2) is 0 Å². The van der Waals surface area contributed by atoms with E-state index < -0.39 is 0 Å². The summed E-state index contributed by atoms with van der Waals surface area (Å²) in [5, 5.41) is 8.53. The number of rotatable bonds is 4. The van der Waals surface area contributed by atoms with Crippen molar-refractivity contribution < 1.29 is 4.74 Å². The molecular weight excluding hydrogens is 350 g/mol. The Morgan fingerprint density at radius 3 is 2.54 bits per heavy atom. The summed E-state index contributed by atoms with van der Waals surface area (Å²) in [5.41, 5.74) is 8.14. The zero-order valence-corrected chi connectivity index (χ0v) is 15.1. The van der Waals surface area contributed by atoms with Gasteiger partial charge in [-0.05, 0) is 48.7 Å². The molecule has 0 bridgehead atoms. The van der Waals surface area contributed by atoms with Crippen LogP contribution >= 0.6 is 11.6 Å². The van der Waals surface area contributed by atoms with E-state index in [2.05, 4.69) is 27.5 Å². The summed E-state index contributed by atoms with van der Waals surface area (Å²) in [6.45, 7) is 2.62. The van der Waals surface area contributed by atoms with Gasteiger partial charge in [-0.25, -0.2) is 4.68 Å². The first kappa shape index (κ1) is 16.7. The van der Waals surface area contributed by atoms with Crippen molar-refractivity contribution in [3.8, 4) is 5.75 Å². The van der Waals surface area contributed by atoms with Crippen LogP contribution in [0.15, 0.2) is 48.5 Å². The average molecular weight is 370 g/mol. The Hall–Kier alpha value is -2.73. The Balaban J connectivity index is 1.69. The molecule has 0 radical (unpaired) electrons. The summed E-state index contributed by atoms with van der Waals surface area (Å²) in [5.74, 6) is 1.80. The third-order valence-corrected chi connectivity index (χ3v) is 4.81. The lowest BCUT2D eigenvalue weighted by molar-refractivity contribution is 0.340. The SMILES string of the molecule is CCOc1ccc(C2CC(c3ccc(Cl)cc3)Nc3nc(N)nn32)cc1. The van der Waals surface area contributed by atoms with Gasteiger partial charge in [0.25, 0.3) is 0 Å². The van der Waals surface area contributed by atoms with E-state index in [9.17, 15) is 0 Å². The summed E-state index contributed by atoms with van der Waals surface area (Å²) in [7, 11) is 0. The molecule has 3 aromatic rings. The lowest BCUT2D eigenvalue weighted by Crippen LogP contribution is -2.28. The highest BCUT2D eigenvalue weighted by atomic mass is 35.5. The van der Waals surface area contributed by atoms with Gasteiger partial charge in [-0.3, -0.25) is 0 Å². The molecule has 0 saturated carbocycles. The number of nitrogens with one attached hydrogen (secondary N) is 1. The fourth-order valence-electron chi connectivity index (χ4n) is 3.34. The Morgan fingerprint density at radius 2 is 1.85 bits per heavy atom. The third kappa shape index (κ3) is 3.20. The number of nitrogens with zero attached hydrogens (tertiary/aromatic N) is 3. The van der Waals surface area contributed by atoms with Crippen molar-refractivity contribution >= 4 is 23.5 Å². The van der Waals surface area contributed by atoms with Crippen LogP contribution in [0.25, 0.3) is 0 Å². The minimum Gasteiger partial charge on any atom is -0.494 e. The van der Waals surface area contributed by atoms with Crippen LogP contribution in [0, 0.1) is 0 Å². The first-order chi connectivity index (χ1) is 12.6. The van der Waals surface area contributed by atoms with Crippen LogP contribution in [0.2, 0.25) is 5.02 Å². The maximum atomic E-state index is 6.02. The van der Waals surface area contributed by atoms with Crippen LogP contribution in [-0.4, -0.2) is 21.4 Å². The molecular formula is C19H20ClN5O. The second-order valence-corrected chi connectivity index (χ2v) is 6.68. The summed E-state index contributed by atoms with van der Waals surface area (Å²) < 4.78 is 7.40. The molecule has 4 rings (SSSR count). The van der Waals surface area contributed by atoms with Gasteiger partial charge in [-0.2, -0.15) is 4.98 Å². The number of halogens is 1. The minimum absolute atomic E-state index is 0.0346. The number of anilines is 2. The lowest BCUT2D eigenvalue weighted by atomic mass is 9.93. The van der Waals surface area contributed by atoms with Crippen molar-refractivity contribution in [2.75, 3.05) is 17.7 Å². The standard InChI is InChI=1S/C19H20ClN5O/c1-2-26-15-9-5-13(6-10-15)17-11-16(12-3-7-14(20)8-4-12)22-19-23-18(21)24-25(17)19/h3-10,16-17H,2,11H2,1H3,(H3,21,22,23,24). The number of benzene rings is 2. The number of aromatic nitrogens is 3. The van der Waals surface area contributed by atoms with E-state index in [1.165, 1.54) is 0 Å². The molecule has 2 unspecified atom stereocenters. The molecule has 0 aliphatic carbocycles. The fraction of sp³-hybridized carbons (Fsp3) is 0.263. The van der Waals surface area contributed by atoms with E-state index >= 15 is 0 Å². The van der Waals surface area contributed by atoms with Gasteiger partial charge in [0.1, 0.15) is 5.75 Å². The van der Waals surface area contributed by atoms with Crippen molar-refractivity contribution in [1.82, 2.24) is 14.8 Å². The van der Waals surface area contributed by atoms with Crippen LogP contribution in [0.3, 0.4) is 0 Å². The molecule has 7 heteroatoms. The molecule has 0 amide bonds. The second kappa shape index (κ2) is 6.88. The molecule has 2 atom stereocenters. The predicted octanol–water partition coefficient (Wildman–Crippen LogP) is 4.06. The van der Waals surface area contributed by atoms with Gasteiger partial charge in [0.05, 0.1) is 18.7 Å². The first-order valence-electron chi connectivity index (χ1n) is 8.61. The minimum atomic E-state index is 0.0346. The van der Waals surface area contributed by atoms with Crippen molar-refractivity contribution in [3.05, 3.63) is 64.7 Å². The van der Waals surface area contributed by atoms with Crippen LogP contribution in [-0.2, 0) is 0 Å². The molecule has 0 saturated heterocycles. The maximum Gasteiger partial charge on any atom is 0.241 e. The highest BCUT2D eigenvalue weighted by molar-refractivity contribution is 6.30. The highest BCUT2D eigenvalue weighted by Crippen LogP contribution is 2.38. The number of ether oxygens (including phenoxy) is 1. The maximum absolute atomic E-state index is 6.02. The summed E-state index contributed by atoms with van der Waals surface area (Å²) in [6.07, 6.45) is 0.825. The molecule has 2 aromatic carbocycles. The quantitative estimate of drug-likeness (QED) is 0.725. The fourth-order valence-corrected chi connectivity index (χ4v) is 3.46. The molecule has 0 fully saturated rings. The van der Waals surface area contributed by atoms with E-state index in [1.54, 1.807) is 0 Å². The van der Waals surface area contributed by atoms with Gasteiger partial charge >= 0.3 is 0 Å². The number of hydrogen-bond acceptors (Lipinski definition) is 5. The molecule has 1 aromatic heterocycles. The van der Waals surface area contributed by atoms with Crippen LogP contribution in [0.1, 0.15) is 36.6 Å². The average Bonchev–Trinajstić information content (AvgIpc) is 3.02. The molecule has 0 spiro atoms. The van der Waals surface area contributed by atoms with E-state index in [4.69, 9.17) is 22.1 Å². The van der Waals surface area contributed by atoms with Gasteiger partial charge in [-0.15, -0.1) is 5.10 Å². The summed E-state index contributed by atoms with van der Waals surface area (Å²) >= 11 is 6.02. The zero-order chi connectivity index (χ0) is 18.1. The molecule has 26 heavy (non-hydrogen) atoms. The van der Waals surface area contributed by atoms with Crippen molar-refractivity contribution in [1.29, 1.82) is 0 Å². The van der Waals surface area contributed by atoms with Crippen LogP contribution < -0.4 is 15.8 Å². The number of fused-ring (bicyclic) bond motifs is 1. The number of nitrogen functional groups attached to an aromatic ring is 1. The highest BCUT2D eigenvalue weighted by Gasteiger charge is 2.30. The Morgan fingerprint density at radius 1 is 1.15 bits per heavy atom. The summed E-state index contributed by atoms with van der Waals surface area (Å²) in [4.78, 5) is 4.34. The van der Waals surface area contributed by atoms with E-state index in [0.29, 0.717) is 12.6 Å². The van der Waals surface area contributed by atoms with E-state index in [0.717, 1.165) is 28.3 Å². The second-order valence-electron chi connectivity index (χ2n) is 6.24. The molecule has 1 aliphatic heterocycles. The zero-order valence-electron chi connectivity index (χ0n) is 14.4.